The number of hydrogen-bond donors (Lipinski definition) is 1. The standard InChI is InChI=1S/C22H22ClN5O2/c23-16-6-2-4-8-18(16)27-12-9-26(10-13-27)11-14-28-21(29)20-19(25-22(28)30)15-5-1-3-7-17(15)24-20/h1-8,20,24H,9-14H2. The Balaban J connectivity index is 1.20. The maximum absolute atomic E-state index is 13.0. The second-order valence-corrected chi connectivity index (χ2v) is 8.08. The summed E-state index contributed by atoms with van der Waals surface area (Å²) >= 11 is 6.31. The molecule has 3 heterocycles. The molecule has 0 radical (unpaired) electrons. The highest BCUT2D eigenvalue weighted by atomic mass is 35.5. The van der Waals surface area contributed by atoms with Gasteiger partial charge in [-0.2, -0.15) is 4.99 Å². The van der Waals surface area contributed by atoms with E-state index in [0.29, 0.717) is 18.8 Å². The Morgan fingerprint density at radius 3 is 2.50 bits per heavy atom. The zero-order valence-electron chi connectivity index (χ0n) is 16.4. The molecule has 1 unspecified atom stereocenters. The lowest BCUT2D eigenvalue weighted by molar-refractivity contribution is -0.128. The number of anilines is 2. The quantitative estimate of drug-likeness (QED) is 0.818. The molecule has 0 bridgehead atoms. The number of hydrogen-bond acceptors (Lipinski definition) is 5. The number of urea groups is 1. The number of benzene rings is 2. The molecule has 0 aromatic heterocycles. The molecule has 30 heavy (non-hydrogen) atoms. The van der Waals surface area contributed by atoms with Gasteiger partial charge in [0.15, 0.2) is 0 Å². The number of para-hydroxylation sites is 2. The number of rotatable bonds is 4. The van der Waals surface area contributed by atoms with Gasteiger partial charge in [-0.05, 0) is 18.2 Å². The number of carbonyl (C=O) groups excluding carboxylic acids is 2. The molecule has 0 spiro atoms. The predicted octanol–water partition coefficient (Wildman–Crippen LogP) is 2.71. The van der Waals surface area contributed by atoms with Gasteiger partial charge in [0.05, 0.1) is 16.4 Å². The van der Waals surface area contributed by atoms with Gasteiger partial charge < -0.3 is 10.2 Å². The molecule has 154 valence electrons. The zero-order chi connectivity index (χ0) is 20.7. The Labute approximate surface area is 179 Å². The molecular formula is C22H22ClN5O2. The van der Waals surface area contributed by atoms with Crippen LogP contribution in [-0.2, 0) is 4.79 Å². The Morgan fingerprint density at radius 2 is 1.70 bits per heavy atom. The van der Waals surface area contributed by atoms with Crippen LogP contribution in [0.25, 0.3) is 0 Å². The normalized spacial score (nSPS) is 21.2. The number of amides is 3. The van der Waals surface area contributed by atoms with Gasteiger partial charge in [-0.15, -0.1) is 0 Å². The van der Waals surface area contributed by atoms with Crippen LogP contribution in [0, 0.1) is 0 Å². The molecule has 2 aromatic carbocycles. The summed E-state index contributed by atoms with van der Waals surface area (Å²) in [6.45, 7) is 4.39. The summed E-state index contributed by atoms with van der Waals surface area (Å²) in [4.78, 5) is 35.5. The minimum absolute atomic E-state index is 0.226. The SMILES string of the molecule is O=C1N=C2c3ccccc3NC2C(=O)N1CCN1CCN(c2ccccc2Cl)CC1. The summed E-state index contributed by atoms with van der Waals surface area (Å²) in [5, 5.41) is 3.96. The minimum atomic E-state index is -0.572. The maximum atomic E-state index is 13.0. The third kappa shape index (κ3) is 3.34. The van der Waals surface area contributed by atoms with Gasteiger partial charge in [0.1, 0.15) is 6.04 Å². The van der Waals surface area contributed by atoms with Gasteiger partial charge >= 0.3 is 6.03 Å². The third-order valence-corrected chi connectivity index (χ3v) is 6.26. The number of aliphatic imine (C=N–C) groups is 1. The van der Waals surface area contributed by atoms with Crippen LogP contribution >= 0.6 is 11.6 Å². The fourth-order valence-corrected chi connectivity index (χ4v) is 4.55. The van der Waals surface area contributed by atoms with Crippen LogP contribution in [0.4, 0.5) is 16.2 Å². The monoisotopic (exact) mass is 423 g/mol. The molecule has 0 aliphatic carbocycles. The summed E-state index contributed by atoms with van der Waals surface area (Å²) in [6.07, 6.45) is 0. The van der Waals surface area contributed by atoms with Crippen molar-refractivity contribution in [2.45, 2.75) is 6.04 Å². The van der Waals surface area contributed by atoms with Crippen LogP contribution in [0.2, 0.25) is 5.02 Å². The topological polar surface area (TPSA) is 68.2 Å². The van der Waals surface area contributed by atoms with E-state index in [-0.39, 0.29) is 5.91 Å². The van der Waals surface area contributed by atoms with E-state index in [2.05, 4.69) is 20.1 Å². The molecule has 3 amide bonds. The smallest absolute Gasteiger partial charge is 0.350 e. The lowest BCUT2D eigenvalue weighted by Gasteiger charge is -2.37. The molecule has 5 rings (SSSR count). The largest absolute Gasteiger partial charge is 0.368 e. The third-order valence-electron chi connectivity index (χ3n) is 5.94. The van der Waals surface area contributed by atoms with Crippen LogP contribution in [0.1, 0.15) is 5.56 Å². The van der Waals surface area contributed by atoms with Crippen LogP contribution in [0.15, 0.2) is 53.5 Å². The summed E-state index contributed by atoms with van der Waals surface area (Å²) in [5.74, 6) is -0.226. The van der Waals surface area contributed by atoms with E-state index in [1.165, 1.54) is 4.90 Å². The van der Waals surface area contributed by atoms with Crippen molar-refractivity contribution in [2.75, 3.05) is 49.5 Å². The Kier molecular flexibility index (Phi) is 4.92. The highest BCUT2D eigenvalue weighted by Gasteiger charge is 2.42. The number of nitrogens with one attached hydrogen (secondary N) is 1. The van der Waals surface area contributed by atoms with Gasteiger partial charge in [0.25, 0.3) is 5.91 Å². The minimum Gasteiger partial charge on any atom is -0.368 e. The molecule has 1 saturated heterocycles. The summed E-state index contributed by atoms with van der Waals surface area (Å²) in [5.41, 5.74) is 3.26. The van der Waals surface area contributed by atoms with Crippen LogP contribution in [-0.4, -0.2) is 72.8 Å². The van der Waals surface area contributed by atoms with Crippen LogP contribution in [0.5, 0.6) is 0 Å². The number of carbonyl (C=O) groups is 2. The lowest BCUT2D eigenvalue weighted by atomic mass is 10.0. The van der Waals surface area contributed by atoms with E-state index in [1.807, 2.05) is 48.5 Å². The van der Waals surface area contributed by atoms with E-state index in [1.54, 1.807) is 0 Å². The van der Waals surface area contributed by atoms with E-state index in [9.17, 15) is 9.59 Å². The fourth-order valence-electron chi connectivity index (χ4n) is 4.30. The van der Waals surface area contributed by atoms with Gasteiger partial charge in [0, 0.05) is 50.5 Å². The first-order valence-electron chi connectivity index (χ1n) is 10.1. The second-order valence-electron chi connectivity index (χ2n) is 7.67. The molecule has 0 saturated carbocycles. The molecule has 1 atom stereocenters. The van der Waals surface area contributed by atoms with Crippen molar-refractivity contribution in [1.29, 1.82) is 0 Å². The van der Waals surface area contributed by atoms with Gasteiger partial charge in [-0.1, -0.05) is 41.9 Å². The number of imide groups is 1. The average molecular weight is 424 g/mol. The Hall–Kier alpha value is -2.90. The van der Waals surface area contributed by atoms with Crippen LogP contribution in [0.3, 0.4) is 0 Å². The van der Waals surface area contributed by atoms with Crippen molar-refractivity contribution in [1.82, 2.24) is 9.80 Å². The van der Waals surface area contributed by atoms with Crippen molar-refractivity contribution in [3.63, 3.8) is 0 Å². The number of halogens is 1. The first-order chi connectivity index (χ1) is 14.6. The van der Waals surface area contributed by atoms with Crippen molar-refractivity contribution < 1.29 is 9.59 Å². The van der Waals surface area contributed by atoms with Gasteiger partial charge in [0.2, 0.25) is 0 Å². The molecule has 3 aliphatic rings. The second kappa shape index (κ2) is 7.74. The summed E-state index contributed by atoms with van der Waals surface area (Å²) < 4.78 is 0. The molecular weight excluding hydrogens is 402 g/mol. The zero-order valence-corrected chi connectivity index (χ0v) is 17.2. The van der Waals surface area contributed by atoms with Crippen molar-refractivity contribution in [2.24, 2.45) is 4.99 Å². The van der Waals surface area contributed by atoms with E-state index in [0.717, 1.165) is 48.1 Å². The summed E-state index contributed by atoms with van der Waals surface area (Å²) in [7, 11) is 0. The van der Waals surface area contributed by atoms with E-state index >= 15 is 0 Å². The first kappa shape index (κ1) is 19.1. The Bertz CT molecular complexity index is 1030. The maximum Gasteiger partial charge on any atom is 0.350 e. The molecule has 3 aliphatic heterocycles. The number of piperazine rings is 1. The van der Waals surface area contributed by atoms with Crippen molar-refractivity contribution in [3.05, 3.63) is 59.1 Å². The first-order valence-corrected chi connectivity index (χ1v) is 10.5. The van der Waals surface area contributed by atoms with E-state index < -0.39 is 12.1 Å². The Morgan fingerprint density at radius 1 is 0.967 bits per heavy atom. The average Bonchev–Trinajstić information content (AvgIpc) is 3.13. The highest BCUT2D eigenvalue weighted by molar-refractivity contribution is 6.33. The van der Waals surface area contributed by atoms with Crippen molar-refractivity contribution >= 4 is 40.6 Å². The lowest BCUT2D eigenvalue weighted by Crippen LogP contribution is -2.54. The number of fused-ring (bicyclic) bond motifs is 3. The van der Waals surface area contributed by atoms with Crippen molar-refractivity contribution in [3.8, 4) is 0 Å². The molecule has 8 heteroatoms. The molecule has 1 fully saturated rings. The van der Waals surface area contributed by atoms with Gasteiger partial charge in [-0.3, -0.25) is 14.6 Å². The predicted molar refractivity (Wildman–Crippen MR) is 118 cm³/mol. The highest BCUT2D eigenvalue weighted by Crippen LogP contribution is 2.30. The molecule has 1 N–H and O–H groups in total. The van der Waals surface area contributed by atoms with Crippen LogP contribution < -0.4 is 10.2 Å². The molecule has 7 nitrogen and oxygen atoms in total. The number of nitrogens with zero attached hydrogens (tertiary/aromatic N) is 4. The van der Waals surface area contributed by atoms with E-state index in [4.69, 9.17) is 11.6 Å². The molecule has 2 aromatic rings. The van der Waals surface area contributed by atoms with Gasteiger partial charge in [-0.25, -0.2) is 4.79 Å². The summed E-state index contributed by atoms with van der Waals surface area (Å²) in [6, 6.07) is 14.4. The fraction of sp³-hybridized carbons (Fsp3) is 0.318.